The summed E-state index contributed by atoms with van der Waals surface area (Å²) in [4.78, 5) is 44.2. The Morgan fingerprint density at radius 2 is 2.03 bits per heavy atom. The summed E-state index contributed by atoms with van der Waals surface area (Å²) in [5.41, 5.74) is -0.518. The van der Waals surface area contributed by atoms with Crippen molar-refractivity contribution in [3.63, 3.8) is 0 Å². The van der Waals surface area contributed by atoms with Crippen molar-refractivity contribution in [2.75, 3.05) is 19.6 Å². The van der Waals surface area contributed by atoms with Crippen LogP contribution in [0.2, 0.25) is 0 Å². The SMILES string of the molecule is Cn1cnc2c1c(=O)n(CC(=O)NCC(c1ccco1)N1CCCC1)c(=O)n2C. The number of aromatic nitrogens is 4. The molecule has 0 spiro atoms. The summed E-state index contributed by atoms with van der Waals surface area (Å²) in [6, 6.07) is 3.65. The van der Waals surface area contributed by atoms with E-state index in [1.807, 2.05) is 12.1 Å². The summed E-state index contributed by atoms with van der Waals surface area (Å²) in [5.74, 6) is 0.387. The Hall–Kier alpha value is -3.14. The molecule has 29 heavy (non-hydrogen) atoms. The molecule has 1 N–H and O–H groups in total. The van der Waals surface area contributed by atoms with Gasteiger partial charge in [-0.2, -0.15) is 0 Å². The summed E-state index contributed by atoms with van der Waals surface area (Å²) < 4.78 is 9.32. The molecule has 1 amide bonds. The summed E-state index contributed by atoms with van der Waals surface area (Å²) in [6.07, 6.45) is 5.31. The Morgan fingerprint density at radius 3 is 2.72 bits per heavy atom. The van der Waals surface area contributed by atoms with Crippen LogP contribution in [0.15, 0.2) is 38.7 Å². The first-order valence-corrected chi connectivity index (χ1v) is 9.62. The first kappa shape index (κ1) is 19.2. The quantitative estimate of drug-likeness (QED) is 0.623. The third-order valence-electron chi connectivity index (χ3n) is 5.45. The zero-order chi connectivity index (χ0) is 20.5. The summed E-state index contributed by atoms with van der Waals surface area (Å²) in [7, 11) is 3.21. The topological polar surface area (TPSA) is 107 Å². The van der Waals surface area contributed by atoms with Crippen LogP contribution in [-0.4, -0.2) is 49.1 Å². The fourth-order valence-corrected chi connectivity index (χ4v) is 3.89. The van der Waals surface area contributed by atoms with Crippen LogP contribution in [0.1, 0.15) is 24.6 Å². The van der Waals surface area contributed by atoms with Crippen molar-refractivity contribution >= 4 is 17.1 Å². The lowest BCUT2D eigenvalue weighted by Gasteiger charge is -2.26. The minimum Gasteiger partial charge on any atom is -0.468 e. The number of carbonyl (C=O) groups excluding carboxylic acids is 1. The lowest BCUT2D eigenvalue weighted by atomic mass is 10.2. The first-order chi connectivity index (χ1) is 14.0. The van der Waals surface area contributed by atoms with E-state index in [1.54, 1.807) is 17.9 Å². The van der Waals surface area contributed by atoms with E-state index >= 15 is 0 Å². The van der Waals surface area contributed by atoms with Crippen molar-refractivity contribution in [3.05, 3.63) is 51.3 Å². The van der Waals surface area contributed by atoms with Gasteiger partial charge < -0.3 is 14.3 Å². The molecule has 0 aromatic carbocycles. The second kappa shape index (κ2) is 7.70. The number of aryl methyl sites for hydroxylation is 2. The van der Waals surface area contributed by atoms with E-state index in [2.05, 4.69) is 15.2 Å². The van der Waals surface area contributed by atoms with Gasteiger partial charge in [-0.25, -0.2) is 14.3 Å². The summed E-state index contributed by atoms with van der Waals surface area (Å²) in [5, 5.41) is 2.86. The minimum atomic E-state index is -0.571. The van der Waals surface area contributed by atoms with E-state index in [0.29, 0.717) is 12.2 Å². The average molecular weight is 400 g/mol. The van der Waals surface area contributed by atoms with E-state index < -0.39 is 17.2 Å². The van der Waals surface area contributed by atoms with Gasteiger partial charge in [0.2, 0.25) is 5.91 Å². The van der Waals surface area contributed by atoms with Gasteiger partial charge in [-0.3, -0.25) is 19.1 Å². The molecule has 1 saturated heterocycles. The Morgan fingerprint density at radius 1 is 1.28 bits per heavy atom. The molecule has 3 aromatic rings. The predicted octanol–water partition coefficient (Wildman–Crippen LogP) is -0.0200. The molecule has 4 rings (SSSR count). The monoisotopic (exact) mass is 400 g/mol. The molecule has 154 valence electrons. The highest BCUT2D eigenvalue weighted by Crippen LogP contribution is 2.24. The standard InChI is InChI=1S/C19H24N6O4/c1-22-12-21-17-16(22)18(27)25(19(28)23(17)2)11-15(26)20-10-13(14-6-5-9-29-14)24-7-3-4-8-24/h5-6,9,12-13H,3-4,7-8,10-11H2,1-2H3,(H,20,26). The fourth-order valence-electron chi connectivity index (χ4n) is 3.89. The van der Waals surface area contributed by atoms with Crippen molar-refractivity contribution < 1.29 is 9.21 Å². The Kier molecular flexibility index (Phi) is 5.10. The molecule has 10 heteroatoms. The number of furan rings is 1. The summed E-state index contributed by atoms with van der Waals surface area (Å²) in [6.45, 7) is 1.88. The summed E-state index contributed by atoms with van der Waals surface area (Å²) >= 11 is 0. The third-order valence-corrected chi connectivity index (χ3v) is 5.45. The van der Waals surface area contributed by atoms with Crippen molar-refractivity contribution in [1.82, 2.24) is 28.9 Å². The van der Waals surface area contributed by atoms with Crippen LogP contribution in [0.3, 0.4) is 0 Å². The molecule has 4 heterocycles. The Bertz CT molecular complexity index is 1130. The normalized spacial score (nSPS) is 15.8. The molecule has 0 saturated carbocycles. The number of carbonyl (C=O) groups is 1. The molecule has 1 unspecified atom stereocenters. The molecular formula is C19H24N6O4. The zero-order valence-corrected chi connectivity index (χ0v) is 16.5. The average Bonchev–Trinajstić information content (AvgIpc) is 3.46. The van der Waals surface area contributed by atoms with Gasteiger partial charge in [-0.05, 0) is 38.1 Å². The van der Waals surface area contributed by atoms with E-state index in [-0.39, 0.29) is 18.1 Å². The number of nitrogens with zero attached hydrogens (tertiary/aromatic N) is 5. The van der Waals surface area contributed by atoms with Crippen molar-refractivity contribution in [2.45, 2.75) is 25.4 Å². The molecule has 1 aliphatic rings. The predicted molar refractivity (Wildman–Crippen MR) is 105 cm³/mol. The fraction of sp³-hybridized carbons (Fsp3) is 0.474. The van der Waals surface area contributed by atoms with Crippen LogP contribution in [0.5, 0.6) is 0 Å². The first-order valence-electron chi connectivity index (χ1n) is 9.62. The Labute approximate surface area is 166 Å². The highest BCUT2D eigenvalue weighted by molar-refractivity contribution is 5.76. The molecule has 1 fully saturated rings. The molecule has 3 aromatic heterocycles. The van der Waals surface area contributed by atoms with Gasteiger partial charge in [0.25, 0.3) is 5.56 Å². The highest BCUT2D eigenvalue weighted by Gasteiger charge is 2.26. The maximum absolute atomic E-state index is 12.7. The van der Waals surface area contributed by atoms with Crippen molar-refractivity contribution in [2.24, 2.45) is 14.1 Å². The zero-order valence-electron chi connectivity index (χ0n) is 16.5. The molecule has 1 aliphatic heterocycles. The van der Waals surface area contributed by atoms with Gasteiger partial charge in [0.1, 0.15) is 12.3 Å². The van der Waals surface area contributed by atoms with Crippen LogP contribution in [0.25, 0.3) is 11.2 Å². The van der Waals surface area contributed by atoms with Crippen LogP contribution in [0.4, 0.5) is 0 Å². The van der Waals surface area contributed by atoms with E-state index in [4.69, 9.17) is 4.42 Å². The minimum absolute atomic E-state index is 0.0736. The number of hydrogen-bond donors (Lipinski definition) is 1. The van der Waals surface area contributed by atoms with Crippen LogP contribution in [0, 0.1) is 0 Å². The smallest absolute Gasteiger partial charge is 0.332 e. The van der Waals surface area contributed by atoms with Crippen LogP contribution >= 0.6 is 0 Å². The second-order valence-electron chi connectivity index (χ2n) is 7.34. The number of rotatable bonds is 6. The van der Waals surface area contributed by atoms with Gasteiger partial charge in [-0.1, -0.05) is 0 Å². The molecule has 1 atom stereocenters. The van der Waals surface area contributed by atoms with E-state index in [0.717, 1.165) is 36.3 Å². The maximum atomic E-state index is 12.7. The molecule has 0 aliphatic carbocycles. The Balaban J connectivity index is 1.53. The number of imidazole rings is 1. The number of fused-ring (bicyclic) bond motifs is 1. The third kappa shape index (κ3) is 3.51. The van der Waals surface area contributed by atoms with Crippen molar-refractivity contribution in [1.29, 1.82) is 0 Å². The highest BCUT2D eigenvalue weighted by atomic mass is 16.3. The largest absolute Gasteiger partial charge is 0.468 e. The maximum Gasteiger partial charge on any atom is 0.332 e. The second-order valence-corrected chi connectivity index (χ2v) is 7.34. The number of likely N-dealkylation sites (tertiary alicyclic amines) is 1. The number of hydrogen-bond acceptors (Lipinski definition) is 6. The van der Waals surface area contributed by atoms with Crippen LogP contribution < -0.4 is 16.6 Å². The lowest BCUT2D eigenvalue weighted by molar-refractivity contribution is -0.122. The molecule has 0 radical (unpaired) electrons. The molecular weight excluding hydrogens is 376 g/mol. The van der Waals surface area contributed by atoms with Gasteiger partial charge in [0.15, 0.2) is 11.2 Å². The lowest BCUT2D eigenvalue weighted by Crippen LogP contribution is -2.45. The van der Waals surface area contributed by atoms with Crippen LogP contribution in [-0.2, 0) is 25.4 Å². The van der Waals surface area contributed by atoms with Gasteiger partial charge in [0, 0.05) is 20.6 Å². The van der Waals surface area contributed by atoms with Gasteiger partial charge >= 0.3 is 5.69 Å². The molecule has 10 nitrogen and oxygen atoms in total. The van der Waals surface area contributed by atoms with Crippen molar-refractivity contribution in [3.8, 4) is 0 Å². The van der Waals surface area contributed by atoms with Gasteiger partial charge in [-0.15, -0.1) is 0 Å². The van der Waals surface area contributed by atoms with E-state index in [1.165, 1.54) is 17.9 Å². The molecule has 0 bridgehead atoms. The van der Waals surface area contributed by atoms with E-state index in [9.17, 15) is 14.4 Å². The van der Waals surface area contributed by atoms with Gasteiger partial charge in [0.05, 0.1) is 18.6 Å². The number of amides is 1. The number of nitrogens with one attached hydrogen (secondary N) is 1.